The zero-order valence-electron chi connectivity index (χ0n) is 10.0. The molecule has 6 heteroatoms. The SMILES string of the molecule is NNc1nc(CSc2ccccc2)nc2sccc12. The third kappa shape index (κ3) is 2.70. The molecule has 0 saturated heterocycles. The predicted octanol–water partition coefficient (Wildman–Crippen LogP) is 3.27. The van der Waals surface area contributed by atoms with Crippen LogP contribution in [0.25, 0.3) is 10.2 Å². The third-order valence-corrected chi connectivity index (χ3v) is 4.43. The third-order valence-electron chi connectivity index (χ3n) is 2.62. The smallest absolute Gasteiger partial charge is 0.152 e. The number of thiophene rings is 1. The average Bonchev–Trinajstić information content (AvgIpc) is 2.93. The van der Waals surface area contributed by atoms with Crippen LogP contribution in [-0.4, -0.2) is 9.97 Å². The first kappa shape index (κ1) is 12.4. The number of hydrogen-bond donors (Lipinski definition) is 2. The van der Waals surface area contributed by atoms with Gasteiger partial charge >= 0.3 is 0 Å². The number of aromatic nitrogens is 2. The van der Waals surface area contributed by atoms with Gasteiger partial charge in [-0.15, -0.1) is 23.1 Å². The van der Waals surface area contributed by atoms with Crippen molar-refractivity contribution in [1.82, 2.24) is 9.97 Å². The summed E-state index contributed by atoms with van der Waals surface area (Å²) < 4.78 is 0. The van der Waals surface area contributed by atoms with Crippen LogP contribution in [0.4, 0.5) is 5.82 Å². The summed E-state index contributed by atoms with van der Waals surface area (Å²) in [7, 11) is 0. The Balaban J connectivity index is 1.85. The molecule has 3 N–H and O–H groups in total. The van der Waals surface area contributed by atoms with E-state index in [1.807, 2.05) is 29.6 Å². The highest BCUT2D eigenvalue weighted by Gasteiger charge is 2.08. The molecular weight excluding hydrogens is 276 g/mol. The number of thioether (sulfide) groups is 1. The van der Waals surface area contributed by atoms with Gasteiger partial charge < -0.3 is 5.43 Å². The maximum atomic E-state index is 5.51. The highest BCUT2D eigenvalue weighted by Crippen LogP contribution is 2.27. The maximum Gasteiger partial charge on any atom is 0.152 e. The molecule has 0 fully saturated rings. The minimum Gasteiger partial charge on any atom is -0.308 e. The van der Waals surface area contributed by atoms with Crippen molar-refractivity contribution in [3.05, 3.63) is 47.6 Å². The van der Waals surface area contributed by atoms with Gasteiger partial charge in [0, 0.05) is 4.90 Å². The van der Waals surface area contributed by atoms with Gasteiger partial charge in [0.1, 0.15) is 10.7 Å². The number of nitrogens with two attached hydrogens (primary N) is 1. The molecule has 0 radical (unpaired) electrons. The van der Waals surface area contributed by atoms with Gasteiger partial charge in [0.15, 0.2) is 5.82 Å². The summed E-state index contributed by atoms with van der Waals surface area (Å²) >= 11 is 3.31. The maximum absolute atomic E-state index is 5.51. The van der Waals surface area contributed by atoms with Gasteiger partial charge in [0.2, 0.25) is 0 Å². The second-order valence-electron chi connectivity index (χ2n) is 3.87. The molecule has 1 aromatic carbocycles. The quantitative estimate of drug-likeness (QED) is 0.438. The van der Waals surface area contributed by atoms with Gasteiger partial charge in [-0.3, -0.25) is 0 Å². The molecule has 0 aliphatic heterocycles. The summed E-state index contributed by atoms with van der Waals surface area (Å²) in [6.07, 6.45) is 0. The average molecular weight is 288 g/mol. The Bertz CT molecular complexity index is 681. The van der Waals surface area contributed by atoms with Gasteiger partial charge in [-0.25, -0.2) is 15.8 Å². The van der Waals surface area contributed by atoms with Crippen LogP contribution in [0.5, 0.6) is 0 Å². The van der Waals surface area contributed by atoms with Crippen molar-refractivity contribution in [1.29, 1.82) is 0 Å². The van der Waals surface area contributed by atoms with Crippen LogP contribution in [0.1, 0.15) is 5.82 Å². The molecule has 3 rings (SSSR count). The molecule has 0 bridgehead atoms. The van der Waals surface area contributed by atoms with Crippen LogP contribution in [0.15, 0.2) is 46.7 Å². The van der Waals surface area contributed by atoms with E-state index in [-0.39, 0.29) is 0 Å². The second kappa shape index (κ2) is 5.56. The highest BCUT2D eigenvalue weighted by molar-refractivity contribution is 7.98. The first-order chi connectivity index (χ1) is 9.36. The number of fused-ring (bicyclic) bond motifs is 1. The number of nitrogen functional groups attached to an aromatic ring is 1. The Morgan fingerprint density at radius 1 is 1.16 bits per heavy atom. The van der Waals surface area contributed by atoms with Crippen molar-refractivity contribution in [3.8, 4) is 0 Å². The number of hydrazine groups is 1. The largest absolute Gasteiger partial charge is 0.308 e. The van der Waals surface area contributed by atoms with E-state index in [1.165, 1.54) is 4.90 Å². The fourth-order valence-corrected chi connectivity index (χ4v) is 3.30. The molecule has 0 atom stereocenters. The zero-order valence-corrected chi connectivity index (χ0v) is 11.7. The van der Waals surface area contributed by atoms with E-state index in [2.05, 4.69) is 27.5 Å². The summed E-state index contributed by atoms with van der Waals surface area (Å²) in [5, 5.41) is 2.97. The van der Waals surface area contributed by atoms with Gasteiger partial charge in [-0.05, 0) is 23.6 Å². The van der Waals surface area contributed by atoms with E-state index in [4.69, 9.17) is 5.84 Å². The molecule has 2 aromatic heterocycles. The first-order valence-electron chi connectivity index (χ1n) is 5.75. The van der Waals surface area contributed by atoms with Gasteiger partial charge in [0.05, 0.1) is 11.1 Å². The van der Waals surface area contributed by atoms with Crippen molar-refractivity contribution in [2.24, 2.45) is 5.84 Å². The van der Waals surface area contributed by atoms with Crippen LogP contribution >= 0.6 is 23.1 Å². The zero-order chi connectivity index (χ0) is 13.1. The van der Waals surface area contributed by atoms with Gasteiger partial charge in [-0.2, -0.15) is 0 Å². The molecule has 96 valence electrons. The summed E-state index contributed by atoms with van der Waals surface area (Å²) in [6, 6.07) is 12.2. The number of rotatable bonds is 4. The summed E-state index contributed by atoms with van der Waals surface area (Å²) in [6.45, 7) is 0. The lowest BCUT2D eigenvalue weighted by atomic mass is 10.4. The minimum atomic E-state index is 0.690. The number of hydrogen-bond acceptors (Lipinski definition) is 6. The molecule has 0 spiro atoms. The Hall–Kier alpha value is -1.63. The summed E-state index contributed by atoms with van der Waals surface area (Å²) in [5.41, 5.74) is 2.64. The van der Waals surface area contributed by atoms with Crippen LogP contribution in [0.2, 0.25) is 0 Å². The molecule has 3 aromatic rings. The van der Waals surface area contributed by atoms with E-state index < -0.39 is 0 Å². The first-order valence-corrected chi connectivity index (χ1v) is 7.62. The fourth-order valence-electron chi connectivity index (χ4n) is 1.74. The highest BCUT2D eigenvalue weighted by atomic mass is 32.2. The Kier molecular flexibility index (Phi) is 3.63. The normalized spacial score (nSPS) is 10.8. The Morgan fingerprint density at radius 3 is 2.79 bits per heavy atom. The van der Waals surface area contributed by atoms with Crippen LogP contribution in [-0.2, 0) is 5.75 Å². The molecule has 0 aliphatic carbocycles. The topological polar surface area (TPSA) is 63.8 Å². The molecule has 0 amide bonds. The van der Waals surface area contributed by atoms with Crippen LogP contribution in [0.3, 0.4) is 0 Å². The lowest BCUT2D eigenvalue weighted by Crippen LogP contribution is -2.10. The standard InChI is InChI=1S/C13H12N4S2/c14-17-12-10-6-7-18-13(10)16-11(15-12)8-19-9-4-2-1-3-5-9/h1-7H,8,14H2,(H,15,16,17). The lowest BCUT2D eigenvalue weighted by molar-refractivity contribution is 1.06. The lowest BCUT2D eigenvalue weighted by Gasteiger charge is -2.05. The monoisotopic (exact) mass is 288 g/mol. The Morgan fingerprint density at radius 2 is 2.00 bits per heavy atom. The van der Waals surface area contributed by atoms with Crippen LogP contribution in [0, 0.1) is 0 Å². The van der Waals surface area contributed by atoms with Gasteiger partial charge in [-0.1, -0.05) is 18.2 Å². The number of benzene rings is 1. The molecular formula is C13H12N4S2. The molecule has 0 aliphatic rings. The molecule has 4 nitrogen and oxygen atoms in total. The minimum absolute atomic E-state index is 0.690. The Labute approximate surface area is 119 Å². The number of nitrogens with zero attached hydrogens (tertiary/aromatic N) is 2. The van der Waals surface area contributed by atoms with Crippen molar-refractivity contribution < 1.29 is 0 Å². The van der Waals surface area contributed by atoms with Crippen molar-refractivity contribution in [2.45, 2.75) is 10.6 Å². The van der Waals surface area contributed by atoms with Crippen molar-refractivity contribution in [2.75, 3.05) is 5.43 Å². The summed E-state index contributed by atoms with van der Waals surface area (Å²) in [4.78, 5) is 11.2. The summed E-state index contributed by atoms with van der Waals surface area (Å²) in [5.74, 6) is 7.72. The van der Waals surface area contributed by atoms with Gasteiger partial charge in [0.25, 0.3) is 0 Å². The van der Waals surface area contributed by atoms with Crippen molar-refractivity contribution in [3.63, 3.8) is 0 Å². The number of anilines is 1. The van der Waals surface area contributed by atoms with Crippen molar-refractivity contribution >= 4 is 39.1 Å². The van der Waals surface area contributed by atoms with E-state index in [0.717, 1.165) is 21.8 Å². The molecule has 2 heterocycles. The second-order valence-corrected chi connectivity index (χ2v) is 5.82. The fraction of sp³-hybridized carbons (Fsp3) is 0.0769. The molecule has 0 saturated carbocycles. The van der Waals surface area contributed by atoms with Crippen LogP contribution < -0.4 is 11.3 Å². The molecule has 19 heavy (non-hydrogen) atoms. The van der Waals surface area contributed by atoms with E-state index in [9.17, 15) is 0 Å². The predicted molar refractivity (Wildman–Crippen MR) is 81.2 cm³/mol. The van der Waals surface area contributed by atoms with E-state index >= 15 is 0 Å². The van der Waals surface area contributed by atoms with E-state index in [0.29, 0.717) is 5.82 Å². The number of nitrogens with one attached hydrogen (secondary N) is 1. The van der Waals surface area contributed by atoms with E-state index in [1.54, 1.807) is 23.1 Å². The molecule has 0 unspecified atom stereocenters.